The normalized spacial score (nSPS) is 11.9. The van der Waals surface area contributed by atoms with E-state index in [0.717, 1.165) is 11.1 Å². The number of hydrogen-bond donors (Lipinski definition) is 1. The molecule has 0 aromatic heterocycles. The second kappa shape index (κ2) is 16.3. The molecule has 0 aliphatic carbocycles. The zero-order valence-corrected chi connectivity index (χ0v) is 27.8. The van der Waals surface area contributed by atoms with Crippen LogP contribution in [0.1, 0.15) is 91.1 Å². The number of carbonyl (C=O) groups is 4. The molecule has 0 unspecified atom stereocenters. The first-order valence-corrected chi connectivity index (χ1v) is 15.4. The summed E-state index contributed by atoms with van der Waals surface area (Å²) in [6.07, 6.45) is 0.500. The third kappa shape index (κ3) is 9.99. The molecule has 234 valence electrons. The zero-order chi connectivity index (χ0) is 33.3. The highest BCUT2D eigenvalue weighted by atomic mass is 79.9. The number of rotatable bonds is 10. The number of ketones is 2. The highest BCUT2D eigenvalue weighted by molar-refractivity contribution is 9.10. The smallest absolute Gasteiger partial charge is 0.339 e. The van der Waals surface area contributed by atoms with E-state index in [1.165, 1.54) is 43.5 Å². The van der Waals surface area contributed by atoms with Crippen LogP contribution in [0.2, 0.25) is 0 Å². The first-order valence-electron chi connectivity index (χ1n) is 13.8. The highest BCUT2D eigenvalue weighted by Crippen LogP contribution is 2.26. The van der Waals surface area contributed by atoms with Crippen LogP contribution < -0.4 is 0 Å². The van der Waals surface area contributed by atoms with Crippen LogP contribution >= 0.6 is 31.9 Å². The number of methoxy groups -OCH3 is 1. The molecule has 2 atom stereocenters. The molecule has 4 aromatic carbocycles. The summed E-state index contributed by atoms with van der Waals surface area (Å²) in [5.41, 5.74) is 2.93. The number of carboxylic acid groups (broad SMARTS) is 1. The van der Waals surface area contributed by atoms with Crippen LogP contribution in [0.25, 0.3) is 0 Å². The predicted molar refractivity (Wildman–Crippen MR) is 174 cm³/mol. The SMILES string of the molecule is COC(=O)c1cc(C(=O)C[C@H](C)c2ccc(F)cc2)ccc1Br.C[C@@H](CC(=O)c1ccc(Br)c(C(=O)O)c1)c1ccc(F)cc1. The number of aromatic carboxylic acids is 1. The van der Waals surface area contributed by atoms with Crippen LogP contribution in [-0.2, 0) is 4.74 Å². The summed E-state index contributed by atoms with van der Waals surface area (Å²) in [6, 6.07) is 21.5. The minimum Gasteiger partial charge on any atom is -0.478 e. The molecular formula is C35H30Br2F2O6. The largest absolute Gasteiger partial charge is 0.478 e. The summed E-state index contributed by atoms with van der Waals surface area (Å²) >= 11 is 6.41. The van der Waals surface area contributed by atoms with Crippen LogP contribution in [0.5, 0.6) is 0 Å². The van der Waals surface area contributed by atoms with E-state index >= 15 is 0 Å². The van der Waals surface area contributed by atoms with Crippen LogP contribution in [0.4, 0.5) is 8.78 Å². The van der Waals surface area contributed by atoms with E-state index < -0.39 is 11.9 Å². The Morgan fingerprint density at radius 2 is 1.04 bits per heavy atom. The number of esters is 1. The summed E-state index contributed by atoms with van der Waals surface area (Å²) in [5, 5.41) is 9.08. The predicted octanol–water partition coefficient (Wildman–Crippen LogP) is 9.41. The molecule has 0 amide bonds. The van der Waals surface area contributed by atoms with Crippen molar-refractivity contribution in [2.24, 2.45) is 0 Å². The van der Waals surface area contributed by atoms with Gasteiger partial charge < -0.3 is 9.84 Å². The number of carbonyl (C=O) groups excluding carboxylic acids is 3. The molecule has 0 heterocycles. The van der Waals surface area contributed by atoms with E-state index in [9.17, 15) is 28.0 Å². The Hall–Kier alpha value is -4.02. The Kier molecular flexibility index (Phi) is 12.9. The van der Waals surface area contributed by atoms with Gasteiger partial charge in [-0.1, -0.05) is 50.2 Å². The molecule has 4 rings (SSSR count). The molecule has 4 aromatic rings. The van der Waals surface area contributed by atoms with Crippen molar-refractivity contribution in [1.82, 2.24) is 0 Å². The van der Waals surface area contributed by atoms with Crippen LogP contribution in [0, 0.1) is 11.6 Å². The zero-order valence-electron chi connectivity index (χ0n) is 24.7. The van der Waals surface area contributed by atoms with Gasteiger partial charge in [-0.3, -0.25) is 9.59 Å². The molecule has 0 radical (unpaired) electrons. The topological polar surface area (TPSA) is 97.7 Å². The van der Waals surface area contributed by atoms with Gasteiger partial charge in [-0.05, 0) is 103 Å². The molecule has 0 saturated heterocycles. The molecule has 10 heteroatoms. The maximum Gasteiger partial charge on any atom is 0.339 e. The van der Waals surface area contributed by atoms with Crippen LogP contribution in [0.15, 0.2) is 93.9 Å². The lowest BCUT2D eigenvalue weighted by atomic mass is 9.93. The fourth-order valence-corrected chi connectivity index (χ4v) is 5.26. The van der Waals surface area contributed by atoms with Crippen molar-refractivity contribution in [1.29, 1.82) is 0 Å². The molecule has 0 aliphatic heterocycles. The summed E-state index contributed by atoms with van der Waals surface area (Å²) in [5.74, 6) is -2.57. The Balaban J connectivity index is 0.000000246. The fourth-order valence-electron chi connectivity index (χ4n) is 4.44. The van der Waals surface area contributed by atoms with Gasteiger partial charge in [-0.2, -0.15) is 0 Å². The molecule has 0 saturated carbocycles. The van der Waals surface area contributed by atoms with E-state index in [1.807, 2.05) is 13.8 Å². The standard InChI is InChI=1S/C18H16BrFO3.C17H14BrFO3/c1-11(12-3-6-14(20)7-4-12)9-17(21)13-5-8-16(19)15(10-13)18(22)23-2;1-10(11-2-5-13(19)6-3-11)8-16(20)12-4-7-15(18)14(9-12)17(21)22/h3-8,10-11H,9H2,1-2H3;2-7,9-10H,8H2,1H3,(H,21,22)/t11-;10-/m00/s1. The van der Waals surface area contributed by atoms with Gasteiger partial charge in [0.25, 0.3) is 0 Å². The van der Waals surface area contributed by atoms with E-state index in [2.05, 4.69) is 31.9 Å². The first kappa shape index (κ1) is 35.5. The Bertz CT molecular complexity index is 1690. The van der Waals surface area contributed by atoms with Crippen molar-refractivity contribution in [3.63, 3.8) is 0 Å². The van der Waals surface area contributed by atoms with Gasteiger partial charge in [0.05, 0.1) is 18.2 Å². The maximum absolute atomic E-state index is 13.0. The molecule has 0 aliphatic rings. The number of ether oxygens (including phenoxy) is 1. The Morgan fingerprint density at radius 3 is 1.42 bits per heavy atom. The molecule has 1 N–H and O–H groups in total. The van der Waals surface area contributed by atoms with Gasteiger partial charge in [-0.15, -0.1) is 0 Å². The van der Waals surface area contributed by atoms with Crippen molar-refractivity contribution in [2.45, 2.75) is 38.5 Å². The van der Waals surface area contributed by atoms with Gasteiger partial charge in [0, 0.05) is 32.9 Å². The average molecular weight is 744 g/mol. The average Bonchev–Trinajstić information content (AvgIpc) is 3.01. The summed E-state index contributed by atoms with van der Waals surface area (Å²) < 4.78 is 31.6. The van der Waals surface area contributed by atoms with E-state index in [0.29, 0.717) is 25.6 Å². The molecule has 0 spiro atoms. The number of hydrogen-bond acceptors (Lipinski definition) is 5. The third-order valence-corrected chi connectivity index (χ3v) is 8.46. The van der Waals surface area contributed by atoms with Gasteiger partial charge in [0.15, 0.2) is 11.6 Å². The van der Waals surface area contributed by atoms with Crippen LogP contribution in [0.3, 0.4) is 0 Å². The number of carboxylic acids is 1. The second-order valence-corrected chi connectivity index (χ2v) is 12.1. The van der Waals surface area contributed by atoms with Gasteiger partial charge in [-0.25, -0.2) is 18.4 Å². The number of halogens is 4. The Labute approximate surface area is 276 Å². The molecular weight excluding hydrogens is 714 g/mol. The van der Waals surface area contributed by atoms with Crippen molar-refractivity contribution < 1.29 is 37.8 Å². The van der Waals surface area contributed by atoms with E-state index in [-0.39, 0.29) is 53.4 Å². The van der Waals surface area contributed by atoms with Gasteiger partial charge in [0.2, 0.25) is 0 Å². The molecule has 45 heavy (non-hydrogen) atoms. The van der Waals surface area contributed by atoms with Crippen molar-refractivity contribution >= 4 is 55.4 Å². The van der Waals surface area contributed by atoms with Crippen LogP contribution in [-0.4, -0.2) is 35.7 Å². The lowest BCUT2D eigenvalue weighted by Crippen LogP contribution is -2.08. The second-order valence-electron chi connectivity index (χ2n) is 10.3. The monoisotopic (exact) mass is 742 g/mol. The van der Waals surface area contributed by atoms with Gasteiger partial charge >= 0.3 is 11.9 Å². The lowest BCUT2D eigenvalue weighted by molar-refractivity contribution is 0.0598. The van der Waals surface area contributed by atoms with E-state index in [4.69, 9.17) is 9.84 Å². The third-order valence-electron chi connectivity index (χ3n) is 7.07. The molecule has 6 nitrogen and oxygen atoms in total. The lowest BCUT2D eigenvalue weighted by Gasteiger charge is -2.12. The summed E-state index contributed by atoms with van der Waals surface area (Å²) in [4.78, 5) is 47.5. The van der Waals surface area contributed by atoms with Crippen molar-refractivity contribution in [3.05, 3.63) is 139 Å². The first-order chi connectivity index (χ1) is 21.3. The minimum atomic E-state index is -1.09. The fraction of sp³-hybridized carbons (Fsp3) is 0.200. The Morgan fingerprint density at radius 1 is 0.667 bits per heavy atom. The minimum absolute atomic E-state index is 0.0478. The van der Waals surface area contributed by atoms with E-state index in [1.54, 1.807) is 48.5 Å². The van der Waals surface area contributed by atoms with Gasteiger partial charge in [0.1, 0.15) is 11.6 Å². The number of benzene rings is 4. The van der Waals surface area contributed by atoms with Crippen molar-refractivity contribution in [3.8, 4) is 0 Å². The van der Waals surface area contributed by atoms with Crippen molar-refractivity contribution in [2.75, 3.05) is 7.11 Å². The molecule has 0 bridgehead atoms. The quantitative estimate of drug-likeness (QED) is 0.128. The summed E-state index contributed by atoms with van der Waals surface area (Å²) in [7, 11) is 1.29. The maximum atomic E-state index is 13.0. The highest BCUT2D eigenvalue weighted by Gasteiger charge is 2.18. The number of Topliss-reactive ketones (excluding diaryl/α,β-unsaturated/α-hetero) is 2. The molecule has 0 fully saturated rings. The summed E-state index contributed by atoms with van der Waals surface area (Å²) in [6.45, 7) is 3.79.